The van der Waals surface area contributed by atoms with Gasteiger partial charge in [-0.2, -0.15) is 0 Å². The van der Waals surface area contributed by atoms with Crippen LogP contribution < -0.4 is 10.2 Å². The molecule has 2 aromatic rings. The molecular formula is C23H25F3N2O. The Morgan fingerprint density at radius 3 is 2.48 bits per heavy atom. The molecule has 0 unspecified atom stereocenters. The Hall–Kier alpha value is -2.50. The van der Waals surface area contributed by atoms with E-state index < -0.39 is 5.92 Å². The molecule has 154 valence electrons. The third kappa shape index (κ3) is 4.26. The van der Waals surface area contributed by atoms with Crippen molar-refractivity contribution in [1.29, 1.82) is 0 Å². The number of anilines is 2. The van der Waals surface area contributed by atoms with Gasteiger partial charge in [0.15, 0.2) is 0 Å². The Kier molecular flexibility index (Phi) is 5.05. The number of rotatable bonds is 4. The number of carbonyl (C=O) groups excluding carboxylic acids is 1. The predicted octanol–water partition coefficient (Wildman–Crippen LogP) is 5.38. The second-order valence-electron chi connectivity index (χ2n) is 8.42. The standard InChI is InChI=1S/C23H25F3N2O/c1-14-7-20(28-6-5-17-10-19(24)4-3-18(17)13-28)8-15(2)22(14)27-21(29)9-16-11-23(25,26)12-16/h3-4,7-8,10,16H,5-6,9,11-13H2,1-2H3,(H,27,29). The Bertz CT molecular complexity index is 926. The quantitative estimate of drug-likeness (QED) is 0.745. The molecule has 0 saturated heterocycles. The molecule has 1 amide bonds. The molecule has 1 aliphatic carbocycles. The zero-order chi connectivity index (χ0) is 20.8. The molecule has 3 nitrogen and oxygen atoms in total. The van der Waals surface area contributed by atoms with Crippen LogP contribution in [0.3, 0.4) is 0 Å². The molecule has 2 aromatic carbocycles. The van der Waals surface area contributed by atoms with E-state index >= 15 is 0 Å². The monoisotopic (exact) mass is 402 g/mol. The first-order valence-corrected chi connectivity index (χ1v) is 10.0. The van der Waals surface area contributed by atoms with Gasteiger partial charge in [-0.05, 0) is 72.7 Å². The van der Waals surface area contributed by atoms with E-state index in [1.165, 1.54) is 6.07 Å². The van der Waals surface area contributed by atoms with Gasteiger partial charge in [-0.25, -0.2) is 13.2 Å². The van der Waals surface area contributed by atoms with Crippen molar-refractivity contribution in [2.75, 3.05) is 16.8 Å². The van der Waals surface area contributed by atoms with E-state index in [0.29, 0.717) is 0 Å². The average molecular weight is 402 g/mol. The fourth-order valence-electron chi connectivity index (χ4n) is 4.44. The summed E-state index contributed by atoms with van der Waals surface area (Å²) in [6, 6.07) is 9.02. The van der Waals surface area contributed by atoms with E-state index in [1.54, 1.807) is 6.07 Å². The lowest BCUT2D eigenvalue weighted by Gasteiger charge is -2.34. The molecule has 0 aromatic heterocycles. The SMILES string of the molecule is Cc1cc(N2CCc3cc(F)ccc3C2)cc(C)c1NC(=O)CC1CC(F)(F)C1. The van der Waals surface area contributed by atoms with Gasteiger partial charge in [-0.15, -0.1) is 0 Å². The van der Waals surface area contributed by atoms with Gasteiger partial charge in [0.25, 0.3) is 0 Å². The molecule has 4 rings (SSSR count). The number of hydrogen-bond donors (Lipinski definition) is 1. The summed E-state index contributed by atoms with van der Waals surface area (Å²) in [5, 5.41) is 2.91. The molecule has 0 radical (unpaired) electrons. The van der Waals surface area contributed by atoms with Crippen molar-refractivity contribution in [2.45, 2.75) is 52.0 Å². The maximum atomic E-state index is 13.4. The molecule has 6 heteroatoms. The minimum absolute atomic E-state index is 0.135. The minimum Gasteiger partial charge on any atom is -0.367 e. The van der Waals surface area contributed by atoms with Gasteiger partial charge < -0.3 is 10.2 Å². The highest BCUT2D eigenvalue weighted by Gasteiger charge is 2.45. The molecule has 1 heterocycles. The second-order valence-corrected chi connectivity index (χ2v) is 8.42. The summed E-state index contributed by atoms with van der Waals surface area (Å²) in [6.45, 7) is 5.40. The Labute approximate surface area is 168 Å². The van der Waals surface area contributed by atoms with Gasteiger partial charge in [0, 0.05) is 43.7 Å². The van der Waals surface area contributed by atoms with Crippen LogP contribution in [0.25, 0.3) is 0 Å². The number of amides is 1. The summed E-state index contributed by atoms with van der Waals surface area (Å²) in [5.74, 6) is -3.24. The Balaban J connectivity index is 1.45. The fourth-order valence-corrected chi connectivity index (χ4v) is 4.44. The summed E-state index contributed by atoms with van der Waals surface area (Å²) in [4.78, 5) is 14.5. The molecule has 1 aliphatic heterocycles. The lowest BCUT2D eigenvalue weighted by Crippen LogP contribution is -2.37. The first-order valence-electron chi connectivity index (χ1n) is 10.0. The van der Waals surface area contributed by atoms with Crippen molar-refractivity contribution in [3.05, 3.63) is 58.4 Å². The summed E-state index contributed by atoms with van der Waals surface area (Å²) < 4.78 is 39.4. The molecular weight excluding hydrogens is 377 g/mol. The molecule has 1 saturated carbocycles. The molecule has 1 N–H and O–H groups in total. The van der Waals surface area contributed by atoms with Crippen LogP contribution in [0.2, 0.25) is 0 Å². The Morgan fingerprint density at radius 2 is 1.83 bits per heavy atom. The highest BCUT2D eigenvalue weighted by Crippen LogP contribution is 2.44. The van der Waals surface area contributed by atoms with Crippen LogP contribution >= 0.6 is 0 Å². The molecule has 0 bridgehead atoms. The van der Waals surface area contributed by atoms with Crippen LogP contribution in [0.1, 0.15) is 41.5 Å². The molecule has 2 aliphatic rings. The molecule has 1 fully saturated rings. The normalized spacial score (nSPS) is 18.2. The zero-order valence-corrected chi connectivity index (χ0v) is 16.7. The van der Waals surface area contributed by atoms with Crippen molar-refractivity contribution in [2.24, 2.45) is 5.92 Å². The Morgan fingerprint density at radius 1 is 1.14 bits per heavy atom. The highest BCUT2D eigenvalue weighted by atomic mass is 19.3. The average Bonchev–Trinajstić information content (AvgIpc) is 2.62. The number of nitrogens with zero attached hydrogens (tertiary/aromatic N) is 1. The minimum atomic E-state index is -2.60. The van der Waals surface area contributed by atoms with E-state index in [9.17, 15) is 18.0 Å². The van der Waals surface area contributed by atoms with E-state index in [1.807, 2.05) is 32.0 Å². The molecule has 0 atom stereocenters. The molecule has 0 spiro atoms. The van der Waals surface area contributed by atoms with Gasteiger partial charge in [-0.3, -0.25) is 4.79 Å². The van der Waals surface area contributed by atoms with Gasteiger partial charge in [0.05, 0.1) is 0 Å². The largest absolute Gasteiger partial charge is 0.367 e. The van der Waals surface area contributed by atoms with Crippen molar-refractivity contribution in [1.82, 2.24) is 0 Å². The van der Waals surface area contributed by atoms with Gasteiger partial charge >= 0.3 is 0 Å². The van der Waals surface area contributed by atoms with Gasteiger partial charge in [0.2, 0.25) is 11.8 Å². The third-order valence-electron chi connectivity index (χ3n) is 5.98. The van der Waals surface area contributed by atoms with Crippen LogP contribution in [-0.2, 0) is 17.8 Å². The molecule has 29 heavy (non-hydrogen) atoms. The zero-order valence-electron chi connectivity index (χ0n) is 16.7. The first-order chi connectivity index (χ1) is 13.7. The number of carbonyl (C=O) groups is 1. The van der Waals surface area contributed by atoms with Crippen LogP contribution in [0, 0.1) is 25.6 Å². The fraction of sp³-hybridized carbons (Fsp3) is 0.435. The number of aryl methyl sites for hydroxylation is 2. The predicted molar refractivity (Wildman–Crippen MR) is 108 cm³/mol. The van der Waals surface area contributed by atoms with E-state index in [0.717, 1.165) is 53.1 Å². The van der Waals surface area contributed by atoms with Crippen LogP contribution in [0.15, 0.2) is 30.3 Å². The van der Waals surface area contributed by atoms with Crippen LogP contribution in [0.4, 0.5) is 24.5 Å². The van der Waals surface area contributed by atoms with Gasteiger partial charge in [-0.1, -0.05) is 6.07 Å². The van der Waals surface area contributed by atoms with E-state index in [2.05, 4.69) is 10.2 Å². The number of halogens is 3. The number of fused-ring (bicyclic) bond motifs is 1. The summed E-state index contributed by atoms with van der Waals surface area (Å²) in [7, 11) is 0. The summed E-state index contributed by atoms with van der Waals surface area (Å²) in [5.41, 5.74) is 5.88. The highest BCUT2D eigenvalue weighted by molar-refractivity contribution is 5.93. The van der Waals surface area contributed by atoms with E-state index in [-0.39, 0.29) is 36.9 Å². The maximum absolute atomic E-state index is 13.4. The lowest BCUT2D eigenvalue weighted by molar-refractivity contribution is -0.129. The first kappa shape index (κ1) is 19.8. The topological polar surface area (TPSA) is 32.3 Å². The number of hydrogen-bond acceptors (Lipinski definition) is 2. The summed E-state index contributed by atoms with van der Waals surface area (Å²) in [6.07, 6.45) is 0.528. The maximum Gasteiger partial charge on any atom is 0.248 e. The van der Waals surface area contributed by atoms with E-state index in [4.69, 9.17) is 0 Å². The summed E-state index contributed by atoms with van der Waals surface area (Å²) >= 11 is 0. The lowest BCUT2D eigenvalue weighted by atomic mass is 9.79. The van der Waals surface area contributed by atoms with Crippen LogP contribution in [-0.4, -0.2) is 18.4 Å². The van der Waals surface area contributed by atoms with Gasteiger partial charge in [0.1, 0.15) is 5.82 Å². The number of nitrogens with one attached hydrogen (secondary N) is 1. The van der Waals surface area contributed by atoms with Crippen LogP contribution in [0.5, 0.6) is 0 Å². The third-order valence-corrected chi connectivity index (χ3v) is 5.98. The number of alkyl halides is 2. The van der Waals surface area contributed by atoms with Crippen molar-refractivity contribution in [3.63, 3.8) is 0 Å². The smallest absolute Gasteiger partial charge is 0.248 e. The van der Waals surface area contributed by atoms with Crippen molar-refractivity contribution in [3.8, 4) is 0 Å². The second kappa shape index (κ2) is 7.39. The number of benzene rings is 2. The van der Waals surface area contributed by atoms with Crippen molar-refractivity contribution < 1.29 is 18.0 Å². The van der Waals surface area contributed by atoms with Crippen molar-refractivity contribution >= 4 is 17.3 Å².